The summed E-state index contributed by atoms with van der Waals surface area (Å²) >= 11 is 0. The lowest BCUT2D eigenvalue weighted by molar-refractivity contribution is -0.124. The normalized spacial score (nSPS) is 18.4. The fourth-order valence-electron chi connectivity index (χ4n) is 2.62. The monoisotopic (exact) mass is 378 g/mol. The second-order valence-electron chi connectivity index (χ2n) is 6.00. The first-order valence-corrected chi connectivity index (χ1v) is 9.82. The van der Waals surface area contributed by atoms with Gasteiger partial charge in [0.2, 0.25) is 0 Å². The molecule has 1 fully saturated rings. The standard InChI is InChI=1S/C16H18N4O5S/c1-11-15(19-20(18-11)13-5-3-2-4-6-13)16(22)25-9-14(21)17-12-7-8-26(23,24)10-12/h2-6,12H,7-10H2,1H3,(H,17,21)/t12-/m0/s1. The Bertz CT molecular complexity index is 923. The lowest BCUT2D eigenvalue weighted by Gasteiger charge is -2.10. The quantitative estimate of drug-likeness (QED) is 0.729. The van der Waals surface area contributed by atoms with Crippen LogP contribution in [0.25, 0.3) is 5.69 Å². The Kier molecular flexibility index (Phi) is 5.03. The van der Waals surface area contributed by atoms with Gasteiger partial charge in [-0.25, -0.2) is 13.2 Å². The summed E-state index contributed by atoms with van der Waals surface area (Å²) in [5.74, 6) is -1.34. The van der Waals surface area contributed by atoms with Gasteiger partial charge in [-0.05, 0) is 25.5 Å². The van der Waals surface area contributed by atoms with E-state index in [2.05, 4.69) is 15.5 Å². The van der Waals surface area contributed by atoms with E-state index in [0.717, 1.165) is 0 Å². The van der Waals surface area contributed by atoms with Crippen molar-refractivity contribution in [1.29, 1.82) is 0 Å². The van der Waals surface area contributed by atoms with Crippen LogP contribution in [-0.2, 0) is 19.4 Å². The van der Waals surface area contributed by atoms with Crippen LogP contribution in [0.4, 0.5) is 0 Å². The van der Waals surface area contributed by atoms with Crippen LogP contribution in [0.2, 0.25) is 0 Å². The molecule has 0 spiro atoms. The SMILES string of the molecule is Cc1nn(-c2ccccc2)nc1C(=O)OCC(=O)N[C@H]1CCS(=O)(=O)C1. The van der Waals surface area contributed by atoms with Gasteiger partial charge in [0.05, 0.1) is 22.9 Å². The molecule has 3 rings (SSSR count). The molecule has 0 bridgehead atoms. The van der Waals surface area contributed by atoms with Crippen LogP contribution in [-0.4, -0.2) is 59.4 Å². The average molecular weight is 378 g/mol. The minimum absolute atomic E-state index is 0.0186. The summed E-state index contributed by atoms with van der Waals surface area (Å²) in [5.41, 5.74) is 1.08. The van der Waals surface area contributed by atoms with E-state index >= 15 is 0 Å². The second-order valence-corrected chi connectivity index (χ2v) is 8.23. The lowest BCUT2D eigenvalue weighted by atomic mass is 10.2. The Labute approximate surface area is 150 Å². The maximum Gasteiger partial charge on any atom is 0.361 e. The van der Waals surface area contributed by atoms with Gasteiger partial charge in [-0.15, -0.1) is 5.10 Å². The van der Waals surface area contributed by atoms with Gasteiger partial charge >= 0.3 is 5.97 Å². The van der Waals surface area contributed by atoms with Crippen LogP contribution < -0.4 is 5.32 Å². The third kappa shape index (κ3) is 4.26. The van der Waals surface area contributed by atoms with Crippen molar-refractivity contribution in [3.05, 3.63) is 41.7 Å². The number of carbonyl (C=O) groups is 2. The van der Waals surface area contributed by atoms with Crippen molar-refractivity contribution in [3.63, 3.8) is 0 Å². The molecule has 1 N–H and O–H groups in total. The summed E-state index contributed by atoms with van der Waals surface area (Å²) in [4.78, 5) is 25.3. The number of hydrogen-bond acceptors (Lipinski definition) is 7. The number of sulfone groups is 1. The molecular formula is C16H18N4O5S. The number of nitrogens with zero attached hydrogens (tertiary/aromatic N) is 3. The number of ether oxygens (including phenoxy) is 1. The minimum Gasteiger partial charge on any atom is -0.451 e. The van der Waals surface area contributed by atoms with E-state index in [-0.39, 0.29) is 17.2 Å². The van der Waals surface area contributed by atoms with E-state index in [9.17, 15) is 18.0 Å². The van der Waals surface area contributed by atoms with Crippen molar-refractivity contribution in [3.8, 4) is 5.69 Å². The molecule has 2 heterocycles. The maximum absolute atomic E-state index is 12.1. The first-order valence-electron chi connectivity index (χ1n) is 8.00. The van der Waals surface area contributed by atoms with Crippen LogP contribution in [0, 0.1) is 6.92 Å². The van der Waals surface area contributed by atoms with E-state index in [1.807, 2.05) is 18.2 Å². The number of benzene rings is 1. The van der Waals surface area contributed by atoms with Crippen molar-refractivity contribution >= 4 is 21.7 Å². The summed E-state index contributed by atoms with van der Waals surface area (Å²) in [5, 5.41) is 10.8. The Morgan fingerprint density at radius 1 is 1.27 bits per heavy atom. The van der Waals surface area contributed by atoms with Gasteiger partial charge < -0.3 is 10.1 Å². The molecule has 0 saturated carbocycles. The zero-order valence-electron chi connectivity index (χ0n) is 14.1. The summed E-state index contributed by atoms with van der Waals surface area (Å²) in [6, 6.07) is 8.63. The van der Waals surface area contributed by atoms with Gasteiger partial charge in [0.15, 0.2) is 22.1 Å². The van der Waals surface area contributed by atoms with Crippen LogP contribution >= 0.6 is 0 Å². The number of carbonyl (C=O) groups excluding carboxylic acids is 2. The average Bonchev–Trinajstić information content (AvgIpc) is 3.15. The van der Waals surface area contributed by atoms with Crippen molar-refractivity contribution < 1.29 is 22.7 Å². The Hall–Kier alpha value is -2.75. The highest BCUT2D eigenvalue weighted by molar-refractivity contribution is 7.91. The molecule has 1 aromatic heterocycles. The fraction of sp³-hybridized carbons (Fsp3) is 0.375. The second kappa shape index (κ2) is 7.24. The van der Waals surface area contributed by atoms with Crippen LogP contribution in [0.15, 0.2) is 30.3 Å². The highest BCUT2D eigenvalue weighted by Gasteiger charge is 2.29. The number of hydrogen-bond donors (Lipinski definition) is 1. The molecule has 1 aliphatic rings. The molecule has 0 radical (unpaired) electrons. The first kappa shape index (κ1) is 18.1. The summed E-state index contributed by atoms with van der Waals surface area (Å²) in [6.45, 7) is 1.11. The van der Waals surface area contributed by atoms with Gasteiger partial charge in [0.25, 0.3) is 5.91 Å². The van der Waals surface area contributed by atoms with Crippen LogP contribution in [0.3, 0.4) is 0 Å². The summed E-state index contributed by atoms with van der Waals surface area (Å²) in [7, 11) is -3.09. The van der Waals surface area contributed by atoms with E-state index in [1.54, 1.807) is 19.1 Å². The predicted octanol–water partition coefficient (Wildman–Crippen LogP) is 0.0358. The van der Waals surface area contributed by atoms with Gasteiger partial charge in [-0.3, -0.25) is 4.79 Å². The van der Waals surface area contributed by atoms with E-state index in [0.29, 0.717) is 17.8 Å². The number of aromatic nitrogens is 3. The van der Waals surface area contributed by atoms with E-state index < -0.39 is 34.4 Å². The highest BCUT2D eigenvalue weighted by atomic mass is 32.2. The Balaban J connectivity index is 1.57. The Morgan fingerprint density at radius 2 is 2.00 bits per heavy atom. The van der Waals surface area contributed by atoms with Crippen LogP contribution in [0.5, 0.6) is 0 Å². The molecule has 10 heteroatoms. The molecule has 1 aromatic carbocycles. The highest BCUT2D eigenvalue weighted by Crippen LogP contribution is 2.11. The molecule has 138 valence electrons. The van der Waals surface area contributed by atoms with Crippen molar-refractivity contribution in [2.24, 2.45) is 0 Å². The summed E-state index contributed by atoms with van der Waals surface area (Å²) in [6.07, 6.45) is 0.368. The van der Waals surface area contributed by atoms with Crippen molar-refractivity contribution in [2.75, 3.05) is 18.1 Å². The van der Waals surface area contributed by atoms with Crippen molar-refractivity contribution in [1.82, 2.24) is 20.3 Å². The molecule has 2 aromatic rings. The third-order valence-corrected chi connectivity index (χ3v) is 5.66. The molecule has 1 aliphatic heterocycles. The number of amides is 1. The molecule has 1 saturated heterocycles. The molecule has 26 heavy (non-hydrogen) atoms. The van der Waals surface area contributed by atoms with Gasteiger partial charge in [-0.2, -0.15) is 9.90 Å². The molecular weight excluding hydrogens is 360 g/mol. The number of esters is 1. The van der Waals surface area contributed by atoms with E-state index in [1.165, 1.54) is 4.80 Å². The first-order chi connectivity index (χ1) is 12.3. The van der Waals surface area contributed by atoms with Crippen LogP contribution in [0.1, 0.15) is 22.6 Å². The van der Waals surface area contributed by atoms with E-state index in [4.69, 9.17) is 4.74 Å². The number of rotatable bonds is 5. The number of nitrogens with one attached hydrogen (secondary N) is 1. The smallest absolute Gasteiger partial charge is 0.361 e. The maximum atomic E-state index is 12.1. The minimum atomic E-state index is -3.09. The lowest BCUT2D eigenvalue weighted by Crippen LogP contribution is -2.38. The largest absolute Gasteiger partial charge is 0.451 e. The molecule has 0 aliphatic carbocycles. The number of para-hydroxylation sites is 1. The third-order valence-electron chi connectivity index (χ3n) is 3.89. The van der Waals surface area contributed by atoms with Gasteiger partial charge in [0.1, 0.15) is 0 Å². The fourth-order valence-corrected chi connectivity index (χ4v) is 4.30. The zero-order valence-corrected chi connectivity index (χ0v) is 14.9. The summed E-state index contributed by atoms with van der Waals surface area (Å²) < 4.78 is 27.7. The number of aryl methyl sites for hydroxylation is 1. The molecule has 1 amide bonds. The van der Waals surface area contributed by atoms with Gasteiger partial charge in [-0.1, -0.05) is 18.2 Å². The van der Waals surface area contributed by atoms with Crippen molar-refractivity contribution in [2.45, 2.75) is 19.4 Å². The predicted molar refractivity (Wildman–Crippen MR) is 91.6 cm³/mol. The Morgan fingerprint density at radius 3 is 2.65 bits per heavy atom. The molecule has 9 nitrogen and oxygen atoms in total. The molecule has 1 atom stereocenters. The molecule has 0 unspecified atom stereocenters. The topological polar surface area (TPSA) is 120 Å². The van der Waals surface area contributed by atoms with Gasteiger partial charge in [0, 0.05) is 6.04 Å². The zero-order chi connectivity index (χ0) is 18.7.